The number of hydrogen-bond acceptors (Lipinski definition) is 6. The van der Waals surface area contributed by atoms with Crippen LogP contribution in [0.5, 0.6) is 0 Å². The normalized spacial score (nSPS) is 24.1. The standard InChI is InChI=1S/C18H23N5O3/c24-17(15-2-3-16(19-12-15)23-6-1-5-20-23)22-7-4-18(25,14-22)13-21-8-10-26-11-9-21/h1-3,5-6,12,25H,4,7-11,13-14H2/t18-/m0/s1. The molecule has 0 spiro atoms. The number of amides is 1. The van der Waals surface area contributed by atoms with Crippen LogP contribution in [0.4, 0.5) is 0 Å². The van der Waals surface area contributed by atoms with Crippen LogP contribution in [0.3, 0.4) is 0 Å². The predicted octanol–water partition coefficient (Wildman–Crippen LogP) is 0.177. The van der Waals surface area contributed by atoms with Crippen LogP contribution in [-0.2, 0) is 4.74 Å². The maximum absolute atomic E-state index is 12.7. The van der Waals surface area contributed by atoms with Gasteiger partial charge in [0.25, 0.3) is 5.91 Å². The summed E-state index contributed by atoms with van der Waals surface area (Å²) in [7, 11) is 0. The van der Waals surface area contributed by atoms with Crippen LogP contribution in [0, 0.1) is 0 Å². The number of β-amino-alcohol motifs (C(OH)–C–C–N with tert-alkyl or cyclic N) is 1. The number of carbonyl (C=O) groups is 1. The van der Waals surface area contributed by atoms with Crippen molar-refractivity contribution < 1.29 is 14.6 Å². The monoisotopic (exact) mass is 357 g/mol. The van der Waals surface area contributed by atoms with Crippen LogP contribution in [0.15, 0.2) is 36.8 Å². The van der Waals surface area contributed by atoms with Gasteiger partial charge in [-0.25, -0.2) is 9.67 Å². The fourth-order valence-corrected chi connectivity index (χ4v) is 3.57. The number of aromatic nitrogens is 3. The smallest absolute Gasteiger partial charge is 0.255 e. The van der Waals surface area contributed by atoms with E-state index in [1.807, 2.05) is 6.07 Å². The highest BCUT2D eigenvalue weighted by molar-refractivity contribution is 5.94. The van der Waals surface area contributed by atoms with Crippen molar-refractivity contribution in [2.75, 3.05) is 45.9 Å². The van der Waals surface area contributed by atoms with Crippen molar-refractivity contribution >= 4 is 5.91 Å². The fourth-order valence-electron chi connectivity index (χ4n) is 3.57. The molecule has 8 nitrogen and oxygen atoms in total. The summed E-state index contributed by atoms with van der Waals surface area (Å²) in [5.41, 5.74) is -0.327. The van der Waals surface area contributed by atoms with Crippen LogP contribution in [-0.4, -0.2) is 87.1 Å². The first-order valence-corrected chi connectivity index (χ1v) is 8.91. The molecule has 1 amide bonds. The number of carbonyl (C=O) groups excluding carboxylic acids is 1. The third-order valence-electron chi connectivity index (χ3n) is 4.98. The van der Waals surface area contributed by atoms with Gasteiger partial charge in [-0.2, -0.15) is 5.10 Å². The van der Waals surface area contributed by atoms with Gasteiger partial charge in [-0.3, -0.25) is 9.69 Å². The minimum Gasteiger partial charge on any atom is -0.387 e. The molecule has 0 saturated carbocycles. The number of pyridine rings is 1. The highest BCUT2D eigenvalue weighted by Crippen LogP contribution is 2.24. The molecular formula is C18H23N5O3. The van der Waals surface area contributed by atoms with E-state index < -0.39 is 5.60 Å². The highest BCUT2D eigenvalue weighted by Gasteiger charge is 2.39. The lowest BCUT2D eigenvalue weighted by molar-refractivity contribution is -0.0257. The van der Waals surface area contributed by atoms with Gasteiger partial charge < -0.3 is 14.7 Å². The number of ether oxygens (including phenoxy) is 1. The minimum absolute atomic E-state index is 0.0950. The van der Waals surface area contributed by atoms with Gasteiger partial charge in [0.05, 0.1) is 30.9 Å². The van der Waals surface area contributed by atoms with Gasteiger partial charge in [0, 0.05) is 44.8 Å². The van der Waals surface area contributed by atoms with Crippen molar-refractivity contribution in [2.45, 2.75) is 12.0 Å². The van der Waals surface area contributed by atoms with Crippen molar-refractivity contribution in [1.29, 1.82) is 0 Å². The number of morpholine rings is 1. The van der Waals surface area contributed by atoms with Crippen molar-refractivity contribution in [3.05, 3.63) is 42.4 Å². The lowest BCUT2D eigenvalue weighted by Crippen LogP contribution is -2.49. The van der Waals surface area contributed by atoms with Gasteiger partial charge in [0.1, 0.15) is 0 Å². The molecule has 2 aliphatic rings. The summed E-state index contributed by atoms with van der Waals surface area (Å²) in [6, 6.07) is 5.35. The van der Waals surface area contributed by atoms with E-state index in [0.717, 1.165) is 13.1 Å². The summed E-state index contributed by atoms with van der Waals surface area (Å²) < 4.78 is 6.99. The van der Waals surface area contributed by atoms with Gasteiger partial charge in [-0.1, -0.05) is 0 Å². The van der Waals surface area contributed by atoms with Crippen molar-refractivity contribution in [1.82, 2.24) is 24.6 Å². The van der Waals surface area contributed by atoms with Crippen molar-refractivity contribution in [3.63, 3.8) is 0 Å². The third kappa shape index (κ3) is 3.62. The largest absolute Gasteiger partial charge is 0.387 e. The predicted molar refractivity (Wildman–Crippen MR) is 94.1 cm³/mol. The molecule has 1 atom stereocenters. The second-order valence-electron chi connectivity index (χ2n) is 6.95. The summed E-state index contributed by atoms with van der Waals surface area (Å²) in [6.45, 7) is 4.55. The zero-order valence-corrected chi connectivity index (χ0v) is 14.6. The second-order valence-corrected chi connectivity index (χ2v) is 6.95. The molecule has 26 heavy (non-hydrogen) atoms. The molecule has 1 N–H and O–H groups in total. The maximum Gasteiger partial charge on any atom is 0.255 e. The Morgan fingerprint density at radius 3 is 2.81 bits per heavy atom. The highest BCUT2D eigenvalue weighted by atomic mass is 16.5. The first-order valence-electron chi connectivity index (χ1n) is 8.91. The SMILES string of the molecule is O=C(c1ccc(-n2cccn2)nc1)N1CC[C@](O)(CN2CCOCC2)C1. The first-order chi connectivity index (χ1) is 12.6. The molecular weight excluding hydrogens is 334 g/mol. The van der Waals surface area contributed by atoms with Gasteiger partial charge in [0.2, 0.25) is 0 Å². The molecule has 0 bridgehead atoms. The van der Waals surface area contributed by atoms with Gasteiger partial charge in [-0.15, -0.1) is 0 Å². The average molecular weight is 357 g/mol. The number of hydrogen-bond donors (Lipinski definition) is 1. The van der Waals surface area contributed by atoms with E-state index in [1.165, 1.54) is 0 Å². The molecule has 2 aromatic rings. The van der Waals surface area contributed by atoms with Crippen LogP contribution in [0.2, 0.25) is 0 Å². The van der Waals surface area contributed by atoms with E-state index in [2.05, 4.69) is 15.0 Å². The van der Waals surface area contributed by atoms with Gasteiger partial charge in [-0.05, 0) is 24.6 Å². The Morgan fingerprint density at radius 1 is 1.27 bits per heavy atom. The number of likely N-dealkylation sites (tertiary alicyclic amines) is 1. The zero-order chi connectivity index (χ0) is 18.0. The lowest BCUT2D eigenvalue weighted by atomic mass is 10.0. The van der Waals surface area contributed by atoms with Gasteiger partial charge in [0.15, 0.2) is 5.82 Å². The van der Waals surface area contributed by atoms with Crippen LogP contribution >= 0.6 is 0 Å². The molecule has 8 heteroatoms. The number of rotatable bonds is 4. The summed E-state index contributed by atoms with van der Waals surface area (Å²) in [6.07, 6.45) is 5.64. The third-order valence-corrected chi connectivity index (χ3v) is 4.98. The molecule has 2 aromatic heterocycles. The minimum atomic E-state index is -0.852. The summed E-state index contributed by atoms with van der Waals surface area (Å²) in [4.78, 5) is 21.0. The molecule has 0 radical (unpaired) electrons. The Bertz CT molecular complexity index is 743. The van der Waals surface area contributed by atoms with Crippen molar-refractivity contribution in [3.8, 4) is 5.82 Å². The molecule has 4 rings (SSSR count). The van der Waals surface area contributed by atoms with Crippen molar-refractivity contribution in [2.24, 2.45) is 0 Å². The van der Waals surface area contributed by atoms with Gasteiger partial charge >= 0.3 is 0 Å². The summed E-state index contributed by atoms with van der Waals surface area (Å²) in [5.74, 6) is 0.569. The van der Waals surface area contributed by atoms with E-state index >= 15 is 0 Å². The molecule has 138 valence electrons. The molecule has 0 aliphatic carbocycles. The molecule has 0 aromatic carbocycles. The average Bonchev–Trinajstić information content (AvgIpc) is 3.32. The van der Waals surface area contributed by atoms with E-state index in [0.29, 0.717) is 50.7 Å². The van der Waals surface area contributed by atoms with E-state index in [9.17, 15) is 9.90 Å². The fraction of sp³-hybridized carbons (Fsp3) is 0.500. The lowest BCUT2D eigenvalue weighted by Gasteiger charge is -2.33. The van der Waals surface area contributed by atoms with E-state index in [1.54, 1.807) is 40.3 Å². The summed E-state index contributed by atoms with van der Waals surface area (Å²) in [5, 5.41) is 15.0. The number of aliphatic hydroxyl groups is 1. The summed E-state index contributed by atoms with van der Waals surface area (Å²) >= 11 is 0. The quantitative estimate of drug-likeness (QED) is 0.840. The van der Waals surface area contributed by atoms with Crippen LogP contribution < -0.4 is 0 Å². The van der Waals surface area contributed by atoms with E-state index in [-0.39, 0.29) is 5.91 Å². The Morgan fingerprint density at radius 2 is 2.12 bits per heavy atom. The Hall–Kier alpha value is -2.29. The first kappa shape index (κ1) is 17.1. The Labute approximate surface area is 152 Å². The van der Waals surface area contributed by atoms with Crippen LogP contribution in [0.25, 0.3) is 5.82 Å². The molecule has 0 unspecified atom stereocenters. The Balaban J connectivity index is 1.39. The molecule has 2 aliphatic heterocycles. The second kappa shape index (κ2) is 7.14. The van der Waals surface area contributed by atoms with Crippen LogP contribution in [0.1, 0.15) is 16.8 Å². The number of nitrogens with zero attached hydrogens (tertiary/aromatic N) is 5. The van der Waals surface area contributed by atoms with E-state index in [4.69, 9.17) is 4.74 Å². The maximum atomic E-state index is 12.7. The topological polar surface area (TPSA) is 83.7 Å². The molecule has 2 fully saturated rings. The zero-order valence-electron chi connectivity index (χ0n) is 14.6. The molecule has 4 heterocycles. The molecule has 2 saturated heterocycles. The Kier molecular flexibility index (Phi) is 4.71.